The second-order valence-electron chi connectivity index (χ2n) is 6.48. The Balaban J connectivity index is 1.65. The zero-order valence-electron chi connectivity index (χ0n) is 15.9. The lowest BCUT2D eigenvalue weighted by molar-refractivity contribution is 0.101. The van der Waals surface area contributed by atoms with Crippen molar-refractivity contribution >= 4 is 22.4 Å². The molecule has 0 bridgehead atoms. The van der Waals surface area contributed by atoms with E-state index in [9.17, 15) is 22.8 Å². The lowest BCUT2D eigenvalue weighted by Gasteiger charge is -2.11. The van der Waals surface area contributed by atoms with Crippen LogP contribution in [0.1, 0.15) is 16.2 Å². The highest BCUT2D eigenvalue weighted by Crippen LogP contribution is 2.27. The third kappa shape index (κ3) is 4.10. The van der Waals surface area contributed by atoms with E-state index in [4.69, 9.17) is 0 Å². The van der Waals surface area contributed by atoms with Crippen molar-refractivity contribution in [2.24, 2.45) is 0 Å². The summed E-state index contributed by atoms with van der Waals surface area (Å²) >= 11 is 0.965. The summed E-state index contributed by atoms with van der Waals surface area (Å²) in [6.07, 6.45) is 0. The van der Waals surface area contributed by atoms with Crippen LogP contribution < -0.4 is 10.7 Å². The van der Waals surface area contributed by atoms with Crippen LogP contribution in [0.3, 0.4) is 0 Å². The van der Waals surface area contributed by atoms with Gasteiger partial charge >= 0.3 is 0 Å². The number of thiazole rings is 1. The summed E-state index contributed by atoms with van der Waals surface area (Å²) in [5, 5.41) is 7.92. The van der Waals surface area contributed by atoms with E-state index < -0.39 is 34.5 Å². The number of aryl methyl sites for hydroxylation is 1. The minimum atomic E-state index is -0.865. The van der Waals surface area contributed by atoms with Gasteiger partial charge in [0.15, 0.2) is 10.8 Å². The molecule has 0 unspecified atom stereocenters. The van der Waals surface area contributed by atoms with Gasteiger partial charge in [0.1, 0.15) is 23.1 Å². The highest BCUT2D eigenvalue weighted by molar-refractivity contribution is 7.14. The monoisotopic (exact) mass is 442 g/mol. The van der Waals surface area contributed by atoms with E-state index in [0.29, 0.717) is 5.69 Å². The third-order valence-electron chi connectivity index (χ3n) is 4.33. The van der Waals surface area contributed by atoms with Crippen molar-refractivity contribution in [3.63, 3.8) is 0 Å². The molecule has 6 nitrogen and oxygen atoms in total. The van der Waals surface area contributed by atoms with Gasteiger partial charge < -0.3 is 0 Å². The molecule has 10 heteroatoms. The fourth-order valence-corrected chi connectivity index (χ4v) is 3.58. The Bertz CT molecular complexity index is 1370. The summed E-state index contributed by atoms with van der Waals surface area (Å²) in [5.41, 5.74) is -0.653. The standard InChI is InChI=1S/C21H13F3N4O2S/c1-11-8-18(29)19(27-28(11)17-5-3-2-4-15(17)24)20(30)26-21-25-16(10-31-21)13-9-12(22)6-7-14(13)23/h2-10H,1H3,(H,25,26,30). The number of benzene rings is 2. The molecule has 1 amide bonds. The average Bonchev–Trinajstić information content (AvgIpc) is 3.19. The van der Waals surface area contributed by atoms with Gasteiger partial charge in [0.25, 0.3) is 5.91 Å². The van der Waals surface area contributed by atoms with Crippen molar-refractivity contribution in [1.82, 2.24) is 14.8 Å². The summed E-state index contributed by atoms with van der Waals surface area (Å²) in [7, 11) is 0. The molecule has 0 saturated heterocycles. The first-order valence-electron chi connectivity index (χ1n) is 8.91. The van der Waals surface area contributed by atoms with Crippen molar-refractivity contribution in [3.8, 4) is 16.9 Å². The SMILES string of the molecule is Cc1cc(=O)c(C(=O)Nc2nc(-c3cc(F)ccc3F)cs2)nn1-c1ccccc1F. The molecule has 2 aromatic carbocycles. The molecule has 0 spiro atoms. The van der Waals surface area contributed by atoms with Crippen LogP contribution in [0.15, 0.2) is 58.7 Å². The molecule has 0 atom stereocenters. The van der Waals surface area contributed by atoms with Gasteiger partial charge in [0.05, 0.1) is 5.69 Å². The van der Waals surface area contributed by atoms with E-state index in [2.05, 4.69) is 15.4 Å². The smallest absolute Gasteiger partial charge is 0.281 e. The van der Waals surface area contributed by atoms with Crippen LogP contribution >= 0.6 is 11.3 Å². The number of hydrogen-bond acceptors (Lipinski definition) is 5. The first-order chi connectivity index (χ1) is 14.8. The number of nitrogens with one attached hydrogen (secondary N) is 1. The number of hydrogen-bond donors (Lipinski definition) is 1. The van der Waals surface area contributed by atoms with Crippen LogP contribution in [0.4, 0.5) is 18.3 Å². The molecular formula is C21H13F3N4O2S. The van der Waals surface area contributed by atoms with Crippen LogP contribution in [0, 0.1) is 24.4 Å². The Morgan fingerprint density at radius 3 is 2.61 bits per heavy atom. The van der Waals surface area contributed by atoms with Crippen molar-refractivity contribution < 1.29 is 18.0 Å². The molecule has 0 aliphatic carbocycles. The summed E-state index contributed by atoms with van der Waals surface area (Å²) in [4.78, 5) is 29.0. The molecule has 2 heterocycles. The largest absolute Gasteiger partial charge is 0.296 e. The van der Waals surface area contributed by atoms with Crippen LogP contribution in [-0.2, 0) is 0 Å². The zero-order chi connectivity index (χ0) is 22.1. The number of nitrogens with zero attached hydrogens (tertiary/aromatic N) is 3. The predicted molar refractivity (Wildman–Crippen MR) is 110 cm³/mol. The topological polar surface area (TPSA) is 76.9 Å². The van der Waals surface area contributed by atoms with Crippen LogP contribution in [0.25, 0.3) is 16.9 Å². The van der Waals surface area contributed by atoms with Gasteiger partial charge in [-0.05, 0) is 37.3 Å². The van der Waals surface area contributed by atoms with Crippen LogP contribution in [-0.4, -0.2) is 20.7 Å². The Morgan fingerprint density at radius 1 is 1.06 bits per heavy atom. The highest BCUT2D eigenvalue weighted by Gasteiger charge is 2.19. The third-order valence-corrected chi connectivity index (χ3v) is 5.09. The first-order valence-corrected chi connectivity index (χ1v) is 9.79. The number of para-hydroxylation sites is 1. The molecule has 4 aromatic rings. The minimum Gasteiger partial charge on any atom is -0.296 e. The van der Waals surface area contributed by atoms with Crippen molar-refractivity contribution in [2.45, 2.75) is 6.92 Å². The number of rotatable bonds is 4. The highest BCUT2D eigenvalue weighted by atomic mass is 32.1. The van der Waals surface area contributed by atoms with E-state index in [0.717, 1.165) is 34.2 Å². The summed E-state index contributed by atoms with van der Waals surface area (Å²) < 4.78 is 42.7. The number of carbonyl (C=O) groups excluding carboxylic acids is 1. The molecule has 0 saturated carbocycles. The second kappa shape index (κ2) is 8.15. The van der Waals surface area contributed by atoms with Gasteiger partial charge in [-0.1, -0.05) is 12.1 Å². The molecule has 0 radical (unpaired) electrons. The summed E-state index contributed by atoms with van der Waals surface area (Å²) in [6.45, 7) is 1.56. The summed E-state index contributed by atoms with van der Waals surface area (Å²) in [5.74, 6) is -2.74. The fourth-order valence-electron chi connectivity index (χ4n) is 2.88. The molecule has 156 valence electrons. The van der Waals surface area contributed by atoms with E-state index in [1.165, 1.54) is 29.6 Å². The molecule has 0 aliphatic heterocycles. The van der Waals surface area contributed by atoms with E-state index >= 15 is 0 Å². The zero-order valence-corrected chi connectivity index (χ0v) is 16.7. The molecule has 1 N–H and O–H groups in total. The molecule has 31 heavy (non-hydrogen) atoms. The van der Waals surface area contributed by atoms with Crippen molar-refractivity contribution in [2.75, 3.05) is 5.32 Å². The van der Waals surface area contributed by atoms with Gasteiger partial charge in [-0.2, -0.15) is 5.10 Å². The molecule has 0 fully saturated rings. The maximum Gasteiger partial charge on any atom is 0.281 e. The Hall–Kier alpha value is -3.79. The van der Waals surface area contributed by atoms with Crippen molar-refractivity contribution in [3.05, 3.63) is 93.0 Å². The van der Waals surface area contributed by atoms with Gasteiger partial charge in [-0.25, -0.2) is 22.8 Å². The van der Waals surface area contributed by atoms with Gasteiger partial charge in [-0.15, -0.1) is 11.3 Å². The van der Waals surface area contributed by atoms with Gasteiger partial charge in [0.2, 0.25) is 5.43 Å². The number of aromatic nitrogens is 3. The number of halogens is 3. The average molecular weight is 442 g/mol. The van der Waals surface area contributed by atoms with Gasteiger partial charge in [0, 0.05) is 22.7 Å². The van der Waals surface area contributed by atoms with Crippen LogP contribution in [0.5, 0.6) is 0 Å². The summed E-state index contributed by atoms with van der Waals surface area (Å²) in [6, 6.07) is 9.92. The number of carbonyl (C=O) groups is 1. The lowest BCUT2D eigenvalue weighted by atomic mass is 10.1. The minimum absolute atomic E-state index is 0.0582. The Labute approximate surface area is 177 Å². The quantitative estimate of drug-likeness (QED) is 0.510. The molecule has 4 rings (SSSR count). The maximum absolute atomic E-state index is 14.2. The Kier molecular flexibility index (Phi) is 5.38. The molecule has 2 aromatic heterocycles. The lowest BCUT2D eigenvalue weighted by Crippen LogP contribution is -2.27. The number of anilines is 1. The normalized spacial score (nSPS) is 10.8. The fraction of sp³-hybridized carbons (Fsp3) is 0.0476. The predicted octanol–water partition coefficient (Wildman–Crippen LogP) is 4.33. The maximum atomic E-state index is 14.2. The number of amides is 1. The Morgan fingerprint density at radius 2 is 1.84 bits per heavy atom. The van der Waals surface area contributed by atoms with Gasteiger partial charge in [-0.3, -0.25) is 14.9 Å². The second-order valence-corrected chi connectivity index (χ2v) is 7.34. The first kappa shape index (κ1) is 20.5. The van der Waals surface area contributed by atoms with E-state index in [1.54, 1.807) is 13.0 Å². The van der Waals surface area contributed by atoms with E-state index in [1.807, 2.05) is 0 Å². The van der Waals surface area contributed by atoms with Crippen molar-refractivity contribution in [1.29, 1.82) is 0 Å². The van der Waals surface area contributed by atoms with E-state index in [-0.39, 0.29) is 22.1 Å². The van der Waals surface area contributed by atoms with Crippen LogP contribution in [0.2, 0.25) is 0 Å². The molecular weight excluding hydrogens is 429 g/mol. The molecule has 0 aliphatic rings.